The molecule has 0 bridgehead atoms. The molecule has 1 N–H and O–H groups in total. The Kier molecular flexibility index (Phi) is 7.59. The maximum absolute atomic E-state index is 12.2. The zero-order valence-electron chi connectivity index (χ0n) is 13.1. The lowest BCUT2D eigenvalue weighted by atomic mass is 10.2. The Bertz CT molecular complexity index is 517. The highest BCUT2D eigenvalue weighted by molar-refractivity contribution is 14.1. The molecule has 0 heterocycles. The van der Waals surface area contributed by atoms with E-state index in [1.165, 1.54) is 0 Å². The molecule has 0 saturated carbocycles. The zero-order valence-corrected chi connectivity index (χ0v) is 16.1. The van der Waals surface area contributed by atoms with Crippen LogP contribution in [0.25, 0.3) is 0 Å². The van der Waals surface area contributed by atoms with Crippen molar-refractivity contribution in [3.8, 4) is 0 Å². The first kappa shape index (κ1) is 18.9. The number of nitrogens with one attached hydrogen (secondary N) is 1. The monoisotopic (exact) mass is 425 g/mol. The summed E-state index contributed by atoms with van der Waals surface area (Å²) in [5.41, 5.74) is 1.06. The van der Waals surface area contributed by atoms with Crippen molar-refractivity contribution in [2.75, 3.05) is 30.7 Å². The molecule has 1 aromatic carbocycles. The standard InChI is InChI=1S/C15H26IN2O2S/c1-4-18(5-2,13-16)12-6-11-17-21(19,20)15-9-7-14(3)8-10-15/h7-10,17H,4-6,11-13H2,1-3H3/q+1. The Labute approximate surface area is 142 Å². The van der Waals surface area contributed by atoms with Crippen LogP contribution in [0.1, 0.15) is 25.8 Å². The number of sulfonamides is 1. The molecule has 0 fully saturated rings. The molecule has 0 aliphatic rings. The second kappa shape index (κ2) is 8.45. The van der Waals surface area contributed by atoms with Crippen LogP contribution in [0.4, 0.5) is 0 Å². The van der Waals surface area contributed by atoms with Gasteiger partial charge in [0.15, 0.2) is 0 Å². The number of rotatable bonds is 9. The van der Waals surface area contributed by atoms with E-state index in [0.29, 0.717) is 11.4 Å². The minimum absolute atomic E-state index is 0.341. The largest absolute Gasteiger partial charge is 0.316 e. The molecule has 0 radical (unpaired) electrons. The van der Waals surface area contributed by atoms with E-state index < -0.39 is 10.0 Å². The molecular formula is C15H26IN2O2S+. The van der Waals surface area contributed by atoms with E-state index in [-0.39, 0.29) is 0 Å². The summed E-state index contributed by atoms with van der Waals surface area (Å²) < 4.78 is 29.1. The fourth-order valence-electron chi connectivity index (χ4n) is 2.19. The van der Waals surface area contributed by atoms with Crippen LogP contribution in [0, 0.1) is 6.92 Å². The van der Waals surface area contributed by atoms with E-state index >= 15 is 0 Å². The molecule has 0 aromatic heterocycles. The summed E-state index contributed by atoms with van der Waals surface area (Å²) in [6.45, 7) is 10.0. The topological polar surface area (TPSA) is 46.2 Å². The highest BCUT2D eigenvalue weighted by atomic mass is 127. The normalized spacial score (nSPS) is 12.6. The molecule has 0 atom stereocenters. The fourth-order valence-corrected chi connectivity index (χ4v) is 4.57. The zero-order chi connectivity index (χ0) is 15.9. The van der Waals surface area contributed by atoms with Crippen molar-refractivity contribution in [2.24, 2.45) is 0 Å². The molecule has 1 rings (SSSR count). The lowest BCUT2D eigenvalue weighted by Gasteiger charge is -2.34. The first-order valence-corrected chi connectivity index (χ1v) is 10.4. The van der Waals surface area contributed by atoms with E-state index in [0.717, 1.165) is 40.7 Å². The van der Waals surface area contributed by atoms with Crippen molar-refractivity contribution in [1.29, 1.82) is 0 Å². The van der Waals surface area contributed by atoms with Crippen molar-refractivity contribution >= 4 is 32.6 Å². The maximum Gasteiger partial charge on any atom is 0.240 e. The summed E-state index contributed by atoms with van der Waals surface area (Å²) >= 11 is 2.42. The summed E-state index contributed by atoms with van der Waals surface area (Å²) in [6, 6.07) is 6.95. The highest BCUT2D eigenvalue weighted by Gasteiger charge is 2.21. The third kappa shape index (κ3) is 5.50. The van der Waals surface area contributed by atoms with Gasteiger partial charge in [-0.2, -0.15) is 0 Å². The van der Waals surface area contributed by atoms with Gasteiger partial charge in [0.1, 0.15) is 4.55 Å². The number of hydrogen-bond donors (Lipinski definition) is 1. The molecule has 21 heavy (non-hydrogen) atoms. The van der Waals surface area contributed by atoms with Crippen LogP contribution in [0.3, 0.4) is 0 Å². The van der Waals surface area contributed by atoms with Crippen LogP contribution in [0.2, 0.25) is 0 Å². The second-order valence-electron chi connectivity index (χ2n) is 5.38. The minimum atomic E-state index is -3.37. The molecule has 0 aliphatic heterocycles. The Morgan fingerprint density at radius 3 is 2.19 bits per heavy atom. The lowest BCUT2D eigenvalue weighted by molar-refractivity contribution is -0.909. The van der Waals surface area contributed by atoms with Gasteiger partial charge in [0, 0.05) is 13.0 Å². The average Bonchev–Trinajstić information content (AvgIpc) is 2.49. The van der Waals surface area contributed by atoms with Crippen molar-refractivity contribution < 1.29 is 12.9 Å². The molecule has 0 spiro atoms. The third-order valence-electron chi connectivity index (χ3n) is 4.03. The van der Waals surface area contributed by atoms with E-state index in [4.69, 9.17) is 0 Å². The molecule has 4 nitrogen and oxygen atoms in total. The van der Waals surface area contributed by atoms with E-state index in [1.807, 2.05) is 19.1 Å². The smallest absolute Gasteiger partial charge is 0.240 e. The molecule has 120 valence electrons. The number of benzene rings is 1. The van der Waals surface area contributed by atoms with Crippen molar-refractivity contribution in [3.63, 3.8) is 0 Å². The Balaban J connectivity index is 2.53. The van der Waals surface area contributed by atoms with Crippen LogP contribution >= 0.6 is 22.6 Å². The van der Waals surface area contributed by atoms with Gasteiger partial charge in [0.05, 0.1) is 24.5 Å². The molecule has 0 unspecified atom stereocenters. The number of nitrogens with zero attached hydrogens (tertiary/aromatic N) is 1. The number of quaternary nitrogens is 1. The van der Waals surface area contributed by atoms with E-state index in [9.17, 15) is 8.42 Å². The SMILES string of the molecule is CC[N+](CC)(CI)CCCNS(=O)(=O)c1ccc(C)cc1. The summed E-state index contributed by atoms with van der Waals surface area (Å²) in [6.07, 6.45) is 0.857. The van der Waals surface area contributed by atoms with Gasteiger partial charge in [-0.25, -0.2) is 13.1 Å². The summed E-state index contributed by atoms with van der Waals surface area (Å²) in [4.78, 5) is 0.341. The van der Waals surface area contributed by atoms with E-state index in [2.05, 4.69) is 41.2 Å². The number of halogens is 1. The van der Waals surface area contributed by atoms with Crippen LogP contribution < -0.4 is 4.72 Å². The Morgan fingerprint density at radius 1 is 1.14 bits per heavy atom. The first-order valence-electron chi connectivity index (χ1n) is 7.36. The molecular weight excluding hydrogens is 399 g/mol. The number of aryl methyl sites for hydroxylation is 1. The van der Waals surface area contributed by atoms with Gasteiger partial charge in [-0.15, -0.1) is 0 Å². The molecule has 1 aromatic rings. The van der Waals surface area contributed by atoms with Crippen LogP contribution in [-0.2, 0) is 10.0 Å². The summed E-state index contributed by atoms with van der Waals surface area (Å²) in [5.74, 6) is 0. The summed E-state index contributed by atoms with van der Waals surface area (Å²) in [5, 5.41) is 0. The van der Waals surface area contributed by atoms with Crippen molar-refractivity contribution in [3.05, 3.63) is 29.8 Å². The van der Waals surface area contributed by atoms with Gasteiger partial charge in [0.2, 0.25) is 10.0 Å². The van der Waals surface area contributed by atoms with Crippen LogP contribution in [0.15, 0.2) is 29.2 Å². The van der Waals surface area contributed by atoms with Gasteiger partial charge in [-0.3, -0.25) is 0 Å². The van der Waals surface area contributed by atoms with Gasteiger partial charge in [-0.1, -0.05) is 17.7 Å². The predicted octanol–water partition coefficient (Wildman–Crippen LogP) is 2.91. The quantitative estimate of drug-likeness (QED) is 0.218. The van der Waals surface area contributed by atoms with Crippen LogP contribution in [-0.4, -0.2) is 43.6 Å². The average molecular weight is 425 g/mol. The van der Waals surface area contributed by atoms with Crippen molar-refractivity contribution in [2.45, 2.75) is 32.1 Å². The Hall–Kier alpha value is -0.180. The second-order valence-corrected chi connectivity index (χ2v) is 7.83. The van der Waals surface area contributed by atoms with Gasteiger partial charge < -0.3 is 4.48 Å². The van der Waals surface area contributed by atoms with Gasteiger partial charge in [-0.05, 0) is 55.5 Å². The summed E-state index contributed by atoms with van der Waals surface area (Å²) in [7, 11) is -3.37. The fraction of sp³-hybridized carbons (Fsp3) is 0.600. The van der Waals surface area contributed by atoms with Crippen LogP contribution in [0.5, 0.6) is 0 Å². The van der Waals surface area contributed by atoms with Gasteiger partial charge in [0.25, 0.3) is 0 Å². The predicted molar refractivity (Wildman–Crippen MR) is 96.1 cm³/mol. The van der Waals surface area contributed by atoms with Crippen molar-refractivity contribution in [1.82, 2.24) is 4.72 Å². The Morgan fingerprint density at radius 2 is 1.71 bits per heavy atom. The maximum atomic E-state index is 12.2. The number of hydrogen-bond acceptors (Lipinski definition) is 2. The molecule has 0 saturated heterocycles. The molecule has 0 aliphatic carbocycles. The third-order valence-corrected chi connectivity index (χ3v) is 6.95. The lowest BCUT2D eigenvalue weighted by Crippen LogP contribution is -2.48. The van der Waals surface area contributed by atoms with E-state index in [1.54, 1.807) is 12.1 Å². The minimum Gasteiger partial charge on any atom is -0.316 e. The molecule has 6 heteroatoms. The first-order chi connectivity index (χ1) is 9.89. The number of alkyl halides is 1. The van der Waals surface area contributed by atoms with Gasteiger partial charge >= 0.3 is 0 Å². The molecule has 0 amide bonds. The highest BCUT2D eigenvalue weighted by Crippen LogP contribution is 2.12.